The van der Waals surface area contributed by atoms with Crippen molar-refractivity contribution < 1.29 is 23.5 Å². The molecule has 5 atom stereocenters. The summed E-state index contributed by atoms with van der Waals surface area (Å²) >= 11 is 8.25. The first kappa shape index (κ1) is 27.6. The van der Waals surface area contributed by atoms with Crippen molar-refractivity contribution in [3.05, 3.63) is 89.7 Å². The molecule has 1 fully saturated rings. The Morgan fingerprint density at radius 1 is 1.21 bits per heavy atom. The van der Waals surface area contributed by atoms with E-state index in [1.807, 2.05) is 12.3 Å². The number of fused-ring (bicyclic) bond motifs is 1. The van der Waals surface area contributed by atoms with Crippen LogP contribution in [0.4, 0.5) is 14.5 Å². The van der Waals surface area contributed by atoms with Crippen LogP contribution in [0.2, 0.25) is 0 Å². The second kappa shape index (κ2) is 11.2. The summed E-state index contributed by atoms with van der Waals surface area (Å²) in [4.78, 5) is 32.8. The first-order valence-electron chi connectivity index (χ1n) is 12.7. The number of pyridine rings is 1. The molecule has 1 aliphatic carbocycles. The number of para-hydroxylation sites is 1. The standard InChI is InChI=1S/C29H28ClF2N3O3S/c1-39-20-8-4-7-19(13-20)29(38)22-9-2-3-10-25(22)35(28(29)37)16-18-12-21(26(31)32)24(14-23(18)30)34-27(36)17-6-5-11-33-15-17/h2-11,13,15,18,21,23-24,26,38H,12,14,16H2,1H3,(H,34,36)/t18-,21-,23-,24-,29-/m1/s1. The molecular weight excluding hydrogens is 544 g/mol. The summed E-state index contributed by atoms with van der Waals surface area (Å²) in [5.74, 6) is -2.64. The van der Waals surface area contributed by atoms with Crippen molar-refractivity contribution in [3.8, 4) is 0 Å². The van der Waals surface area contributed by atoms with E-state index >= 15 is 0 Å². The highest BCUT2D eigenvalue weighted by atomic mass is 35.5. The van der Waals surface area contributed by atoms with Crippen molar-refractivity contribution in [1.82, 2.24) is 10.3 Å². The summed E-state index contributed by atoms with van der Waals surface area (Å²) in [6, 6.07) is 16.5. The maximum absolute atomic E-state index is 14.2. The predicted octanol–water partition coefficient (Wildman–Crippen LogP) is 5.08. The second-order valence-electron chi connectivity index (χ2n) is 9.94. The van der Waals surface area contributed by atoms with E-state index in [2.05, 4.69) is 10.3 Å². The minimum Gasteiger partial charge on any atom is -0.372 e. The molecule has 0 saturated heterocycles. The summed E-state index contributed by atoms with van der Waals surface area (Å²) in [6.45, 7) is 0.0705. The van der Waals surface area contributed by atoms with Gasteiger partial charge in [0.15, 0.2) is 5.60 Å². The summed E-state index contributed by atoms with van der Waals surface area (Å²) in [6.07, 6.45) is 2.26. The van der Waals surface area contributed by atoms with Crippen LogP contribution in [0.1, 0.15) is 34.3 Å². The number of rotatable bonds is 7. The quantitative estimate of drug-likeness (QED) is 0.305. The number of nitrogens with zero attached hydrogens (tertiary/aromatic N) is 2. The van der Waals surface area contributed by atoms with Crippen LogP contribution in [0, 0.1) is 11.8 Å². The molecule has 1 aromatic heterocycles. The van der Waals surface area contributed by atoms with Crippen molar-refractivity contribution in [2.24, 2.45) is 11.8 Å². The smallest absolute Gasteiger partial charge is 0.268 e. The molecule has 6 nitrogen and oxygen atoms in total. The van der Waals surface area contributed by atoms with Gasteiger partial charge in [-0.1, -0.05) is 30.3 Å². The molecule has 1 aliphatic heterocycles. The van der Waals surface area contributed by atoms with Gasteiger partial charge >= 0.3 is 0 Å². The Kier molecular flexibility index (Phi) is 7.94. The van der Waals surface area contributed by atoms with Gasteiger partial charge in [0.25, 0.3) is 11.8 Å². The monoisotopic (exact) mass is 571 g/mol. The summed E-state index contributed by atoms with van der Waals surface area (Å²) < 4.78 is 28.5. The molecule has 0 unspecified atom stereocenters. The van der Waals surface area contributed by atoms with Crippen molar-refractivity contribution in [1.29, 1.82) is 0 Å². The number of aliphatic hydroxyl groups is 1. The lowest BCUT2D eigenvalue weighted by Gasteiger charge is -2.40. The lowest BCUT2D eigenvalue weighted by atomic mass is 9.77. The minimum absolute atomic E-state index is 0.0101. The van der Waals surface area contributed by atoms with Gasteiger partial charge < -0.3 is 15.3 Å². The molecule has 2 heterocycles. The fourth-order valence-electron chi connectivity index (χ4n) is 5.63. The Morgan fingerprint density at radius 3 is 2.72 bits per heavy atom. The minimum atomic E-state index is -2.69. The topological polar surface area (TPSA) is 82.5 Å². The summed E-state index contributed by atoms with van der Waals surface area (Å²) in [7, 11) is 0. The van der Waals surface area contributed by atoms with E-state index in [1.165, 1.54) is 29.1 Å². The number of anilines is 1. The molecule has 0 radical (unpaired) electrons. The Morgan fingerprint density at radius 2 is 2.00 bits per heavy atom. The Hall–Kier alpha value is -3.01. The van der Waals surface area contributed by atoms with E-state index in [4.69, 9.17) is 11.6 Å². The summed E-state index contributed by atoms with van der Waals surface area (Å²) in [5.41, 5.74) is -0.195. The molecule has 2 aromatic carbocycles. The van der Waals surface area contributed by atoms with Crippen LogP contribution in [-0.4, -0.2) is 52.5 Å². The van der Waals surface area contributed by atoms with Crippen molar-refractivity contribution in [2.45, 2.75) is 41.2 Å². The third-order valence-electron chi connectivity index (χ3n) is 7.69. The van der Waals surface area contributed by atoms with Gasteiger partial charge in [-0.25, -0.2) is 8.78 Å². The lowest BCUT2D eigenvalue weighted by Crippen LogP contribution is -2.52. The Balaban J connectivity index is 1.39. The SMILES string of the molecule is CSc1cccc([C@]2(O)C(=O)N(C[C@H]3C[C@@H](C(F)F)[C@H](NC(=O)c4cccnc4)C[C@H]3Cl)c3ccccc32)c1. The van der Waals surface area contributed by atoms with Gasteiger partial charge in [-0.3, -0.25) is 14.6 Å². The average molecular weight is 572 g/mol. The molecule has 2 aliphatic rings. The number of halogens is 3. The number of alkyl halides is 3. The Labute approximate surface area is 234 Å². The predicted molar refractivity (Wildman–Crippen MR) is 147 cm³/mol. The van der Waals surface area contributed by atoms with Crippen LogP contribution in [0.5, 0.6) is 0 Å². The van der Waals surface area contributed by atoms with Crippen LogP contribution in [0.15, 0.2) is 78.0 Å². The van der Waals surface area contributed by atoms with E-state index in [0.717, 1.165) is 4.90 Å². The molecule has 0 bridgehead atoms. The molecule has 2 N–H and O–H groups in total. The van der Waals surface area contributed by atoms with E-state index in [1.54, 1.807) is 54.6 Å². The van der Waals surface area contributed by atoms with Gasteiger partial charge in [-0.05, 0) is 60.9 Å². The third-order valence-corrected chi connectivity index (χ3v) is 8.95. The van der Waals surface area contributed by atoms with Crippen LogP contribution < -0.4 is 10.2 Å². The first-order valence-corrected chi connectivity index (χ1v) is 14.3. The zero-order chi connectivity index (χ0) is 27.7. The second-order valence-corrected chi connectivity index (χ2v) is 11.4. The van der Waals surface area contributed by atoms with Crippen LogP contribution in [0.25, 0.3) is 0 Å². The largest absolute Gasteiger partial charge is 0.372 e. The highest BCUT2D eigenvalue weighted by Crippen LogP contribution is 2.46. The molecule has 0 spiro atoms. The Bertz CT molecular complexity index is 1360. The number of carbonyl (C=O) groups excluding carboxylic acids is 2. The van der Waals surface area contributed by atoms with E-state index in [0.29, 0.717) is 16.8 Å². The number of carbonyl (C=O) groups is 2. The maximum atomic E-state index is 14.2. The van der Waals surface area contributed by atoms with Crippen molar-refractivity contribution >= 4 is 40.9 Å². The van der Waals surface area contributed by atoms with Crippen molar-refractivity contribution in [2.75, 3.05) is 17.7 Å². The van der Waals surface area contributed by atoms with Gasteiger partial charge in [0.1, 0.15) is 0 Å². The summed E-state index contributed by atoms with van der Waals surface area (Å²) in [5, 5.41) is 14.0. The molecule has 2 amide bonds. The van der Waals surface area contributed by atoms with Gasteiger partial charge in [0.05, 0.1) is 11.3 Å². The van der Waals surface area contributed by atoms with Gasteiger partial charge in [-0.2, -0.15) is 0 Å². The zero-order valence-corrected chi connectivity index (χ0v) is 22.7. The number of hydrogen-bond donors (Lipinski definition) is 2. The van der Waals surface area contributed by atoms with Crippen LogP contribution >= 0.6 is 23.4 Å². The molecule has 39 heavy (non-hydrogen) atoms. The van der Waals surface area contributed by atoms with Gasteiger partial charge in [0.2, 0.25) is 6.43 Å². The number of benzene rings is 2. The lowest BCUT2D eigenvalue weighted by molar-refractivity contribution is -0.132. The number of amides is 2. The fourth-order valence-corrected chi connectivity index (χ4v) is 6.47. The van der Waals surface area contributed by atoms with Gasteiger partial charge in [-0.15, -0.1) is 23.4 Å². The number of hydrogen-bond acceptors (Lipinski definition) is 5. The molecule has 204 valence electrons. The normalized spacial score (nSPS) is 26.5. The number of nitrogens with one attached hydrogen (secondary N) is 1. The van der Waals surface area contributed by atoms with Crippen molar-refractivity contribution in [3.63, 3.8) is 0 Å². The van der Waals surface area contributed by atoms with Crippen LogP contribution in [0.3, 0.4) is 0 Å². The van der Waals surface area contributed by atoms with Gasteiger partial charge in [0, 0.05) is 46.7 Å². The molecule has 3 aromatic rings. The molecule has 5 rings (SSSR count). The number of aromatic nitrogens is 1. The molecular formula is C29H28ClF2N3O3S. The van der Waals surface area contributed by atoms with E-state index in [9.17, 15) is 23.5 Å². The van der Waals surface area contributed by atoms with E-state index in [-0.39, 0.29) is 24.9 Å². The zero-order valence-electron chi connectivity index (χ0n) is 21.1. The van der Waals surface area contributed by atoms with E-state index < -0.39 is 47.1 Å². The molecule has 10 heteroatoms. The average Bonchev–Trinajstić information content (AvgIpc) is 3.17. The fraction of sp³-hybridized carbons (Fsp3) is 0.345. The third kappa shape index (κ3) is 5.15. The molecule has 1 saturated carbocycles. The highest BCUT2D eigenvalue weighted by molar-refractivity contribution is 7.98. The first-order chi connectivity index (χ1) is 18.7. The highest BCUT2D eigenvalue weighted by Gasteiger charge is 2.52. The number of thioether (sulfide) groups is 1. The van der Waals surface area contributed by atoms with Crippen LogP contribution in [-0.2, 0) is 10.4 Å². The maximum Gasteiger partial charge on any atom is 0.268 e.